The van der Waals surface area contributed by atoms with E-state index in [1.165, 1.54) is 9.80 Å². The first kappa shape index (κ1) is 16.0. The summed E-state index contributed by atoms with van der Waals surface area (Å²) in [4.78, 5) is 38.9. The molecule has 6 heteroatoms. The minimum absolute atomic E-state index is 0.145. The Balaban J connectivity index is 2.00. The Morgan fingerprint density at radius 3 is 2.27 bits per heavy atom. The van der Waals surface area contributed by atoms with E-state index in [9.17, 15) is 14.4 Å². The number of imide groups is 1. The molecule has 118 valence electrons. The van der Waals surface area contributed by atoms with Crippen molar-refractivity contribution in [3.05, 3.63) is 35.9 Å². The fraction of sp³-hybridized carbons (Fsp3) is 0.438. The standard InChI is InChI=1S/C16H20N2O4/c1-16(2,3)22-15(21)17-9-10-18(13(19)11-17)14(20)12-7-5-4-6-8-12/h4-8H,9-11H2,1-3H3. The Morgan fingerprint density at radius 2 is 1.73 bits per heavy atom. The molecule has 0 atom stereocenters. The Bertz CT molecular complexity index is 578. The van der Waals surface area contributed by atoms with Gasteiger partial charge in [0.05, 0.1) is 0 Å². The van der Waals surface area contributed by atoms with Crippen LogP contribution in [0.4, 0.5) is 4.79 Å². The number of rotatable bonds is 1. The van der Waals surface area contributed by atoms with Gasteiger partial charge in [-0.2, -0.15) is 0 Å². The molecule has 0 spiro atoms. The minimum atomic E-state index is -0.614. The molecule has 3 amide bonds. The highest BCUT2D eigenvalue weighted by atomic mass is 16.6. The van der Waals surface area contributed by atoms with E-state index in [0.29, 0.717) is 5.56 Å². The van der Waals surface area contributed by atoms with Gasteiger partial charge >= 0.3 is 6.09 Å². The zero-order valence-electron chi connectivity index (χ0n) is 13.0. The summed E-state index contributed by atoms with van der Waals surface area (Å²) in [7, 11) is 0. The highest BCUT2D eigenvalue weighted by Crippen LogP contribution is 2.14. The van der Waals surface area contributed by atoms with Crippen molar-refractivity contribution in [2.75, 3.05) is 19.6 Å². The molecule has 1 aromatic carbocycles. The molecule has 1 heterocycles. The third kappa shape index (κ3) is 3.84. The van der Waals surface area contributed by atoms with Gasteiger partial charge in [0.15, 0.2) is 0 Å². The van der Waals surface area contributed by atoms with Crippen LogP contribution in [0.2, 0.25) is 0 Å². The molecule has 0 aliphatic carbocycles. The van der Waals surface area contributed by atoms with E-state index >= 15 is 0 Å². The van der Waals surface area contributed by atoms with Crippen molar-refractivity contribution >= 4 is 17.9 Å². The molecule has 1 saturated heterocycles. The third-order valence-corrected chi connectivity index (χ3v) is 3.14. The summed E-state index contributed by atoms with van der Waals surface area (Å²) in [5.74, 6) is -0.736. The lowest BCUT2D eigenvalue weighted by atomic mass is 10.2. The van der Waals surface area contributed by atoms with Crippen LogP contribution < -0.4 is 0 Å². The number of hydrogen-bond acceptors (Lipinski definition) is 4. The second-order valence-corrected chi connectivity index (χ2v) is 6.12. The molecule has 0 unspecified atom stereocenters. The average Bonchev–Trinajstić information content (AvgIpc) is 2.45. The molecule has 0 N–H and O–H groups in total. The summed E-state index contributed by atoms with van der Waals surface area (Å²) in [5, 5.41) is 0. The van der Waals surface area contributed by atoms with E-state index in [1.807, 2.05) is 0 Å². The summed E-state index contributed by atoms with van der Waals surface area (Å²) in [6, 6.07) is 8.62. The summed E-state index contributed by atoms with van der Waals surface area (Å²) < 4.78 is 5.24. The molecule has 0 aromatic heterocycles. The highest BCUT2D eigenvalue weighted by Gasteiger charge is 2.33. The summed E-state index contributed by atoms with van der Waals surface area (Å²) in [6.07, 6.45) is -0.535. The van der Waals surface area contributed by atoms with Crippen molar-refractivity contribution in [1.82, 2.24) is 9.80 Å². The fourth-order valence-corrected chi connectivity index (χ4v) is 2.11. The van der Waals surface area contributed by atoms with Gasteiger partial charge in [-0.15, -0.1) is 0 Å². The first-order chi connectivity index (χ1) is 10.3. The number of carbonyl (C=O) groups is 3. The highest BCUT2D eigenvalue weighted by molar-refractivity contribution is 6.06. The number of ether oxygens (including phenoxy) is 1. The van der Waals surface area contributed by atoms with Gasteiger partial charge in [0, 0.05) is 18.7 Å². The van der Waals surface area contributed by atoms with E-state index in [2.05, 4.69) is 0 Å². The molecule has 1 aliphatic rings. The maximum Gasteiger partial charge on any atom is 0.410 e. The van der Waals surface area contributed by atoms with Crippen LogP contribution in [0.5, 0.6) is 0 Å². The van der Waals surface area contributed by atoms with Crippen LogP contribution in [-0.4, -0.2) is 52.9 Å². The summed E-state index contributed by atoms with van der Waals surface area (Å²) >= 11 is 0. The van der Waals surface area contributed by atoms with Gasteiger partial charge < -0.3 is 4.74 Å². The van der Waals surface area contributed by atoms with Gasteiger partial charge in [-0.3, -0.25) is 19.4 Å². The number of amides is 3. The second-order valence-electron chi connectivity index (χ2n) is 6.12. The molecule has 2 rings (SSSR count). The van der Waals surface area contributed by atoms with Crippen molar-refractivity contribution in [2.24, 2.45) is 0 Å². The summed E-state index contributed by atoms with van der Waals surface area (Å²) in [6.45, 7) is 5.60. The van der Waals surface area contributed by atoms with Gasteiger partial charge in [-0.05, 0) is 32.9 Å². The second kappa shape index (κ2) is 6.17. The zero-order valence-corrected chi connectivity index (χ0v) is 13.0. The Labute approximate surface area is 129 Å². The SMILES string of the molecule is CC(C)(C)OC(=O)N1CCN(C(=O)c2ccccc2)C(=O)C1. The average molecular weight is 304 g/mol. The fourth-order valence-electron chi connectivity index (χ4n) is 2.11. The molecule has 0 bridgehead atoms. The van der Waals surface area contributed by atoms with Gasteiger partial charge in [0.1, 0.15) is 12.1 Å². The van der Waals surface area contributed by atoms with Crippen LogP contribution in [0.25, 0.3) is 0 Å². The van der Waals surface area contributed by atoms with Crippen molar-refractivity contribution < 1.29 is 19.1 Å². The van der Waals surface area contributed by atoms with Crippen LogP contribution in [-0.2, 0) is 9.53 Å². The van der Waals surface area contributed by atoms with E-state index in [0.717, 1.165) is 0 Å². The monoisotopic (exact) mass is 304 g/mol. The molecule has 1 aromatic rings. The van der Waals surface area contributed by atoms with E-state index in [4.69, 9.17) is 4.74 Å². The first-order valence-electron chi connectivity index (χ1n) is 7.15. The van der Waals surface area contributed by atoms with Crippen molar-refractivity contribution in [3.63, 3.8) is 0 Å². The van der Waals surface area contributed by atoms with Gasteiger partial charge in [-0.25, -0.2) is 4.79 Å². The van der Waals surface area contributed by atoms with Gasteiger partial charge in [-0.1, -0.05) is 18.2 Å². The maximum atomic E-state index is 12.3. The molecule has 0 saturated carbocycles. The van der Waals surface area contributed by atoms with Crippen LogP contribution in [0.1, 0.15) is 31.1 Å². The molecule has 0 radical (unpaired) electrons. The quantitative estimate of drug-likeness (QED) is 0.743. The first-order valence-corrected chi connectivity index (χ1v) is 7.15. The van der Waals surface area contributed by atoms with Crippen molar-refractivity contribution in [2.45, 2.75) is 26.4 Å². The Hall–Kier alpha value is -2.37. The zero-order chi connectivity index (χ0) is 16.3. The lowest BCUT2D eigenvalue weighted by molar-refractivity contribution is -0.132. The van der Waals surface area contributed by atoms with Crippen molar-refractivity contribution in [3.8, 4) is 0 Å². The predicted molar refractivity (Wildman–Crippen MR) is 80.3 cm³/mol. The third-order valence-electron chi connectivity index (χ3n) is 3.14. The Morgan fingerprint density at radius 1 is 1.09 bits per heavy atom. The number of carbonyl (C=O) groups excluding carboxylic acids is 3. The van der Waals surface area contributed by atoms with E-state index < -0.39 is 17.6 Å². The molecule has 6 nitrogen and oxygen atoms in total. The molecular weight excluding hydrogens is 284 g/mol. The summed E-state index contributed by atoms with van der Waals surface area (Å²) in [5.41, 5.74) is -0.154. The lowest BCUT2D eigenvalue weighted by Gasteiger charge is -2.34. The Kier molecular flexibility index (Phi) is 4.49. The van der Waals surface area contributed by atoms with E-state index in [-0.39, 0.29) is 25.5 Å². The molecular formula is C16H20N2O4. The lowest BCUT2D eigenvalue weighted by Crippen LogP contribution is -2.54. The normalized spacial score (nSPS) is 15.7. The number of nitrogens with zero attached hydrogens (tertiary/aromatic N) is 2. The van der Waals surface area contributed by atoms with Gasteiger partial charge in [0.2, 0.25) is 5.91 Å². The van der Waals surface area contributed by atoms with E-state index in [1.54, 1.807) is 51.1 Å². The number of piperazine rings is 1. The number of benzene rings is 1. The topological polar surface area (TPSA) is 66.9 Å². The smallest absolute Gasteiger partial charge is 0.410 e. The van der Waals surface area contributed by atoms with Crippen molar-refractivity contribution in [1.29, 1.82) is 0 Å². The minimum Gasteiger partial charge on any atom is -0.444 e. The van der Waals surface area contributed by atoms with Crippen LogP contribution in [0.3, 0.4) is 0 Å². The van der Waals surface area contributed by atoms with Crippen LogP contribution >= 0.6 is 0 Å². The molecule has 22 heavy (non-hydrogen) atoms. The van der Waals surface area contributed by atoms with Crippen LogP contribution in [0.15, 0.2) is 30.3 Å². The van der Waals surface area contributed by atoms with Gasteiger partial charge in [0.25, 0.3) is 5.91 Å². The predicted octanol–water partition coefficient (Wildman–Crippen LogP) is 1.91. The van der Waals surface area contributed by atoms with Crippen LogP contribution in [0, 0.1) is 0 Å². The molecule has 1 aliphatic heterocycles. The molecule has 1 fully saturated rings. The number of hydrogen-bond donors (Lipinski definition) is 0. The largest absolute Gasteiger partial charge is 0.444 e. The maximum absolute atomic E-state index is 12.3.